The Balaban J connectivity index is 2.70. The van der Waals surface area contributed by atoms with Crippen LogP contribution in [0.1, 0.15) is 23.2 Å². The molecule has 86 valence electrons. The highest BCUT2D eigenvalue weighted by Crippen LogP contribution is 2.20. The van der Waals surface area contributed by atoms with Gasteiger partial charge < -0.3 is 4.74 Å². The first-order valence-corrected chi connectivity index (χ1v) is 5.39. The summed E-state index contributed by atoms with van der Waals surface area (Å²) in [5.74, 6) is -1.08. The van der Waals surface area contributed by atoms with Crippen LogP contribution in [0.3, 0.4) is 0 Å². The molecule has 0 unspecified atom stereocenters. The molecule has 0 fully saturated rings. The third kappa shape index (κ3) is 3.41. The molecule has 0 saturated heterocycles. The van der Waals surface area contributed by atoms with Crippen LogP contribution in [-0.4, -0.2) is 18.9 Å². The highest BCUT2D eigenvalue weighted by atomic mass is 79.9. The second-order valence-electron chi connectivity index (χ2n) is 3.12. The zero-order valence-electron chi connectivity index (χ0n) is 8.63. The first kappa shape index (κ1) is 12.8. The summed E-state index contributed by atoms with van der Waals surface area (Å²) in [7, 11) is 1.26. The molecule has 3 nitrogen and oxygen atoms in total. The summed E-state index contributed by atoms with van der Waals surface area (Å²) in [5, 5.41) is 0. The summed E-state index contributed by atoms with van der Waals surface area (Å²) in [6, 6.07) is 3.81. The van der Waals surface area contributed by atoms with Gasteiger partial charge in [0.2, 0.25) is 0 Å². The Bertz CT molecular complexity index is 418. The van der Waals surface area contributed by atoms with Crippen molar-refractivity contribution >= 4 is 27.7 Å². The molecule has 0 saturated carbocycles. The van der Waals surface area contributed by atoms with Gasteiger partial charge in [-0.05, 0) is 34.1 Å². The van der Waals surface area contributed by atoms with Crippen LogP contribution in [0.4, 0.5) is 4.39 Å². The Morgan fingerprint density at radius 1 is 1.38 bits per heavy atom. The molecule has 0 aliphatic carbocycles. The van der Waals surface area contributed by atoms with E-state index in [1.165, 1.54) is 25.3 Å². The second-order valence-corrected chi connectivity index (χ2v) is 3.98. The Morgan fingerprint density at radius 2 is 2.06 bits per heavy atom. The third-order valence-electron chi connectivity index (χ3n) is 2.02. The van der Waals surface area contributed by atoms with E-state index in [-0.39, 0.29) is 18.6 Å². The Hall–Kier alpha value is -1.23. The summed E-state index contributed by atoms with van der Waals surface area (Å²) < 4.78 is 17.6. The Morgan fingerprint density at radius 3 is 2.62 bits per heavy atom. The van der Waals surface area contributed by atoms with Crippen molar-refractivity contribution < 1.29 is 18.7 Å². The number of carbonyl (C=O) groups is 2. The number of esters is 1. The molecule has 0 aliphatic rings. The molecule has 1 aromatic carbocycles. The molecule has 0 heterocycles. The summed E-state index contributed by atoms with van der Waals surface area (Å²) >= 11 is 3.09. The SMILES string of the molecule is COC(=O)CCC(=O)c1ccc(F)cc1Br. The standard InChI is InChI=1S/C11H10BrFO3/c1-16-11(15)5-4-10(14)8-3-2-7(13)6-9(8)12/h2-3,6H,4-5H2,1H3. The summed E-state index contributed by atoms with van der Waals surface area (Å²) in [6.45, 7) is 0. The molecule has 1 aromatic rings. The number of carbonyl (C=O) groups excluding carboxylic acids is 2. The largest absolute Gasteiger partial charge is 0.469 e. The minimum absolute atomic E-state index is 0.0269. The van der Waals surface area contributed by atoms with Gasteiger partial charge in [0.1, 0.15) is 5.82 Å². The number of hydrogen-bond acceptors (Lipinski definition) is 3. The van der Waals surface area contributed by atoms with Gasteiger partial charge in [0.25, 0.3) is 0 Å². The van der Waals surface area contributed by atoms with Gasteiger partial charge in [-0.2, -0.15) is 0 Å². The monoisotopic (exact) mass is 288 g/mol. The number of benzene rings is 1. The van der Waals surface area contributed by atoms with Gasteiger partial charge in [0.15, 0.2) is 5.78 Å². The van der Waals surface area contributed by atoms with E-state index >= 15 is 0 Å². The number of ketones is 1. The molecule has 16 heavy (non-hydrogen) atoms. The normalized spacial score (nSPS) is 9.94. The quantitative estimate of drug-likeness (QED) is 0.632. The van der Waals surface area contributed by atoms with Gasteiger partial charge in [0, 0.05) is 16.5 Å². The lowest BCUT2D eigenvalue weighted by atomic mass is 10.1. The molecule has 5 heteroatoms. The van der Waals surface area contributed by atoms with Crippen LogP contribution >= 0.6 is 15.9 Å². The van der Waals surface area contributed by atoms with Crippen LogP contribution in [-0.2, 0) is 9.53 Å². The maximum Gasteiger partial charge on any atom is 0.305 e. The highest BCUT2D eigenvalue weighted by Gasteiger charge is 2.12. The van der Waals surface area contributed by atoms with E-state index < -0.39 is 11.8 Å². The molecule has 0 N–H and O–H groups in total. The molecule has 1 rings (SSSR count). The minimum atomic E-state index is -0.438. The average Bonchev–Trinajstić information content (AvgIpc) is 2.25. The van der Waals surface area contributed by atoms with Gasteiger partial charge >= 0.3 is 5.97 Å². The predicted molar refractivity (Wildman–Crippen MR) is 59.7 cm³/mol. The zero-order valence-corrected chi connectivity index (χ0v) is 10.2. The summed E-state index contributed by atoms with van der Waals surface area (Å²) in [4.78, 5) is 22.5. The molecular weight excluding hydrogens is 279 g/mol. The maximum atomic E-state index is 12.8. The number of ether oxygens (including phenoxy) is 1. The van der Waals surface area contributed by atoms with Gasteiger partial charge in [-0.1, -0.05) is 0 Å². The maximum absolute atomic E-state index is 12.8. The fourth-order valence-corrected chi connectivity index (χ4v) is 1.74. The molecule has 0 aliphatic heterocycles. The zero-order chi connectivity index (χ0) is 12.1. The van der Waals surface area contributed by atoms with E-state index in [9.17, 15) is 14.0 Å². The lowest BCUT2D eigenvalue weighted by Gasteiger charge is -2.03. The van der Waals surface area contributed by atoms with E-state index in [0.29, 0.717) is 10.0 Å². The van der Waals surface area contributed by atoms with Crippen molar-refractivity contribution in [2.45, 2.75) is 12.8 Å². The lowest BCUT2D eigenvalue weighted by molar-refractivity contribution is -0.140. The van der Waals surface area contributed by atoms with Crippen molar-refractivity contribution in [2.24, 2.45) is 0 Å². The second kappa shape index (κ2) is 5.75. The van der Waals surface area contributed by atoms with E-state index in [1.807, 2.05) is 0 Å². The number of rotatable bonds is 4. The van der Waals surface area contributed by atoms with E-state index in [2.05, 4.69) is 20.7 Å². The number of hydrogen-bond donors (Lipinski definition) is 0. The van der Waals surface area contributed by atoms with Crippen LogP contribution < -0.4 is 0 Å². The van der Waals surface area contributed by atoms with Crippen LogP contribution in [0, 0.1) is 5.82 Å². The fraction of sp³-hybridized carbons (Fsp3) is 0.273. The number of Topliss-reactive ketones (excluding diaryl/α,β-unsaturated/α-hetero) is 1. The molecule has 0 spiro atoms. The molecule has 0 aromatic heterocycles. The van der Waals surface area contributed by atoms with Crippen molar-refractivity contribution in [3.05, 3.63) is 34.1 Å². The molecule has 0 atom stereocenters. The first-order chi connectivity index (χ1) is 7.54. The van der Waals surface area contributed by atoms with Crippen molar-refractivity contribution in [1.82, 2.24) is 0 Å². The van der Waals surface area contributed by atoms with Crippen molar-refractivity contribution in [3.8, 4) is 0 Å². The fourth-order valence-electron chi connectivity index (χ4n) is 1.17. The predicted octanol–water partition coefficient (Wildman–Crippen LogP) is 2.72. The first-order valence-electron chi connectivity index (χ1n) is 4.59. The van der Waals surface area contributed by atoms with Gasteiger partial charge in [0.05, 0.1) is 13.5 Å². The van der Waals surface area contributed by atoms with Crippen LogP contribution in [0.25, 0.3) is 0 Å². The van der Waals surface area contributed by atoms with Crippen molar-refractivity contribution in [3.63, 3.8) is 0 Å². The van der Waals surface area contributed by atoms with Crippen molar-refractivity contribution in [1.29, 1.82) is 0 Å². The summed E-state index contributed by atoms with van der Waals surface area (Å²) in [5.41, 5.74) is 0.366. The highest BCUT2D eigenvalue weighted by molar-refractivity contribution is 9.10. The van der Waals surface area contributed by atoms with Crippen molar-refractivity contribution in [2.75, 3.05) is 7.11 Å². The molecular formula is C11H10BrFO3. The smallest absolute Gasteiger partial charge is 0.305 e. The molecule has 0 bridgehead atoms. The van der Waals surface area contributed by atoms with Gasteiger partial charge in [-0.3, -0.25) is 9.59 Å². The summed E-state index contributed by atoms with van der Waals surface area (Å²) in [6.07, 6.45) is 0.0794. The van der Waals surface area contributed by atoms with Crippen LogP contribution in [0.15, 0.2) is 22.7 Å². The van der Waals surface area contributed by atoms with E-state index in [1.54, 1.807) is 0 Å². The van der Waals surface area contributed by atoms with E-state index in [0.717, 1.165) is 0 Å². The van der Waals surface area contributed by atoms with Gasteiger partial charge in [-0.25, -0.2) is 4.39 Å². The van der Waals surface area contributed by atoms with Crippen LogP contribution in [0.5, 0.6) is 0 Å². The number of halogens is 2. The van der Waals surface area contributed by atoms with Gasteiger partial charge in [-0.15, -0.1) is 0 Å². The minimum Gasteiger partial charge on any atom is -0.469 e. The molecule has 0 radical (unpaired) electrons. The topological polar surface area (TPSA) is 43.4 Å². The average molecular weight is 289 g/mol. The Kier molecular flexibility index (Phi) is 4.61. The number of methoxy groups -OCH3 is 1. The Labute approximate surface area is 101 Å². The van der Waals surface area contributed by atoms with E-state index in [4.69, 9.17) is 0 Å². The third-order valence-corrected chi connectivity index (χ3v) is 2.67. The van der Waals surface area contributed by atoms with Crippen LogP contribution in [0.2, 0.25) is 0 Å². The lowest BCUT2D eigenvalue weighted by Crippen LogP contribution is -2.06. The molecule has 0 amide bonds.